The highest BCUT2D eigenvalue weighted by Crippen LogP contribution is 2.27. The maximum absolute atomic E-state index is 12.3. The van der Waals surface area contributed by atoms with E-state index >= 15 is 0 Å². The number of aromatic nitrogens is 3. The fourth-order valence-corrected chi connectivity index (χ4v) is 3.38. The van der Waals surface area contributed by atoms with E-state index in [2.05, 4.69) is 15.5 Å². The molecule has 11 heteroatoms. The number of rotatable bonds is 7. The van der Waals surface area contributed by atoms with E-state index in [0.717, 1.165) is 17.3 Å². The molecule has 27 heavy (non-hydrogen) atoms. The average molecular weight is 411 g/mol. The van der Waals surface area contributed by atoms with Crippen molar-refractivity contribution in [2.24, 2.45) is 0 Å². The molecule has 1 aromatic carbocycles. The number of carbonyl (C=O) groups excluding carboxylic acids is 1. The molecule has 3 rings (SSSR count). The maximum atomic E-state index is 12.3. The summed E-state index contributed by atoms with van der Waals surface area (Å²) in [6, 6.07) is 7.92. The number of furan rings is 1. The Morgan fingerprint density at radius 3 is 2.67 bits per heavy atom. The van der Waals surface area contributed by atoms with Crippen LogP contribution in [0.4, 0.5) is 14.5 Å². The molecule has 0 aliphatic rings. The number of halogens is 2. The number of nitrogen functional groups attached to an aromatic ring is 1. The van der Waals surface area contributed by atoms with Crippen LogP contribution in [0.2, 0.25) is 0 Å². The van der Waals surface area contributed by atoms with Crippen LogP contribution >= 0.6 is 23.5 Å². The van der Waals surface area contributed by atoms with Gasteiger partial charge in [-0.2, -0.15) is 8.78 Å². The number of hydrogen-bond acceptors (Lipinski definition) is 7. The molecule has 0 bridgehead atoms. The Hall–Kier alpha value is -2.53. The van der Waals surface area contributed by atoms with Gasteiger partial charge in [0.2, 0.25) is 11.1 Å². The predicted molar refractivity (Wildman–Crippen MR) is 100 cm³/mol. The van der Waals surface area contributed by atoms with Gasteiger partial charge in [0.1, 0.15) is 5.76 Å². The molecule has 0 spiro atoms. The van der Waals surface area contributed by atoms with E-state index in [0.29, 0.717) is 39.1 Å². The molecule has 0 unspecified atom stereocenters. The quantitative estimate of drug-likeness (QED) is 0.453. The molecule has 0 aliphatic carbocycles. The Bertz CT molecular complexity index is 927. The predicted octanol–water partition coefficient (Wildman–Crippen LogP) is 3.61. The summed E-state index contributed by atoms with van der Waals surface area (Å²) in [7, 11) is 0. The lowest BCUT2D eigenvalue weighted by molar-refractivity contribution is -0.113. The number of nitrogens with two attached hydrogens (primary N) is 1. The van der Waals surface area contributed by atoms with Crippen LogP contribution in [0.1, 0.15) is 5.76 Å². The first-order valence-corrected chi connectivity index (χ1v) is 9.53. The molecule has 0 saturated carbocycles. The maximum Gasteiger partial charge on any atom is 0.288 e. The minimum Gasteiger partial charge on any atom is -0.469 e. The molecular formula is C16H15F2N5O2S2. The van der Waals surface area contributed by atoms with Gasteiger partial charge in [-0.3, -0.25) is 4.79 Å². The highest BCUT2D eigenvalue weighted by atomic mass is 32.2. The van der Waals surface area contributed by atoms with Gasteiger partial charge in [-0.15, -0.1) is 10.2 Å². The molecule has 1 amide bonds. The fourth-order valence-electron chi connectivity index (χ4n) is 2.22. The first kappa shape index (κ1) is 19.2. The van der Waals surface area contributed by atoms with Crippen LogP contribution in [-0.4, -0.2) is 32.3 Å². The van der Waals surface area contributed by atoms with E-state index in [-0.39, 0.29) is 11.7 Å². The van der Waals surface area contributed by atoms with Gasteiger partial charge in [0.05, 0.1) is 17.6 Å². The number of thioether (sulfide) groups is 2. The fraction of sp³-hybridized carbons (Fsp3) is 0.188. The standard InChI is InChI=1S/C16H15F2N5O2S2/c1-9-12(6-7-25-9)14-21-22-16(23(14)19)26-8-13(24)20-10-2-4-11(5-3-10)27-15(17)18/h2-7,15H,8,19H2,1H3,(H,20,24). The molecule has 0 aliphatic heterocycles. The van der Waals surface area contributed by atoms with Gasteiger partial charge in [0.25, 0.3) is 5.76 Å². The Labute approximate surface area is 161 Å². The summed E-state index contributed by atoms with van der Waals surface area (Å²) < 4.78 is 31.1. The number of nitrogens with one attached hydrogen (secondary N) is 1. The summed E-state index contributed by atoms with van der Waals surface area (Å²) in [6.45, 7) is 1.79. The van der Waals surface area contributed by atoms with Crippen molar-refractivity contribution in [1.82, 2.24) is 14.9 Å². The molecule has 0 atom stereocenters. The SMILES string of the molecule is Cc1occc1-c1nnc(SCC(=O)Nc2ccc(SC(F)F)cc2)n1N. The highest BCUT2D eigenvalue weighted by Gasteiger charge is 2.16. The van der Waals surface area contributed by atoms with Gasteiger partial charge in [-0.1, -0.05) is 23.5 Å². The third kappa shape index (κ3) is 4.80. The second-order valence-corrected chi connectivity index (χ2v) is 7.31. The minimum absolute atomic E-state index is 0.0627. The Morgan fingerprint density at radius 2 is 2.04 bits per heavy atom. The zero-order chi connectivity index (χ0) is 19.4. The second kappa shape index (κ2) is 8.44. The van der Waals surface area contributed by atoms with E-state index in [4.69, 9.17) is 10.3 Å². The number of amides is 1. The average Bonchev–Trinajstić information content (AvgIpc) is 3.20. The Kier molecular flexibility index (Phi) is 6.01. The van der Waals surface area contributed by atoms with E-state index in [1.165, 1.54) is 23.1 Å². The van der Waals surface area contributed by atoms with Gasteiger partial charge in [0.15, 0.2) is 5.82 Å². The number of carbonyl (C=O) groups is 1. The summed E-state index contributed by atoms with van der Waals surface area (Å²) in [5.41, 5.74) is 1.24. The lowest BCUT2D eigenvalue weighted by Crippen LogP contribution is -2.16. The summed E-state index contributed by atoms with van der Waals surface area (Å²) in [6.07, 6.45) is 1.53. The van der Waals surface area contributed by atoms with Gasteiger partial charge < -0.3 is 15.6 Å². The van der Waals surface area contributed by atoms with Crippen LogP contribution in [0.5, 0.6) is 0 Å². The van der Waals surface area contributed by atoms with Gasteiger partial charge >= 0.3 is 0 Å². The van der Waals surface area contributed by atoms with Crippen LogP contribution in [0.15, 0.2) is 51.1 Å². The van der Waals surface area contributed by atoms with Crippen LogP contribution in [0.3, 0.4) is 0 Å². The number of alkyl halides is 2. The third-order valence-electron chi connectivity index (χ3n) is 3.46. The zero-order valence-electron chi connectivity index (χ0n) is 14.1. The summed E-state index contributed by atoms with van der Waals surface area (Å²) in [5, 5.41) is 11.1. The van der Waals surface area contributed by atoms with Crippen molar-refractivity contribution in [3.8, 4) is 11.4 Å². The molecular weight excluding hydrogens is 396 g/mol. The summed E-state index contributed by atoms with van der Waals surface area (Å²) in [5.74, 6) is 4.40. The lowest BCUT2D eigenvalue weighted by Gasteiger charge is -2.06. The normalized spacial score (nSPS) is 11.1. The number of anilines is 1. The Morgan fingerprint density at radius 1 is 1.30 bits per heavy atom. The van der Waals surface area contributed by atoms with Crippen LogP contribution in [-0.2, 0) is 4.79 Å². The van der Waals surface area contributed by atoms with Crippen molar-refractivity contribution in [1.29, 1.82) is 0 Å². The van der Waals surface area contributed by atoms with E-state index in [1.807, 2.05) is 0 Å². The number of aryl methyl sites for hydroxylation is 1. The largest absolute Gasteiger partial charge is 0.469 e. The van der Waals surface area contributed by atoms with Crippen LogP contribution in [0.25, 0.3) is 11.4 Å². The minimum atomic E-state index is -2.48. The zero-order valence-corrected chi connectivity index (χ0v) is 15.7. The number of nitrogens with zero attached hydrogens (tertiary/aromatic N) is 3. The first-order valence-electron chi connectivity index (χ1n) is 7.66. The topological polar surface area (TPSA) is 99.0 Å². The molecule has 2 heterocycles. The molecule has 142 valence electrons. The van der Waals surface area contributed by atoms with Crippen molar-refractivity contribution in [3.63, 3.8) is 0 Å². The Balaban J connectivity index is 1.57. The number of hydrogen-bond donors (Lipinski definition) is 2. The molecule has 3 aromatic rings. The molecule has 0 radical (unpaired) electrons. The second-order valence-electron chi connectivity index (χ2n) is 5.31. The van der Waals surface area contributed by atoms with Crippen LogP contribution < -0.4 is 11.2 Å². The monoisotopic (exact) mass is 411 g/mol. The molecule has 0 saturated heterocycles. The van der Waals surface area contributed by atoms with Crippen molar-refractivity contribution >= 4 is 35.1 Å². The smallest absolute Gasteiger partial charge is 0.288 e. The van der Waals surface area contributed by atoms with Crippen molar-refractivity contribution in [3.05, 3.63) is 42.4 Å². The molecule has 3 N–H and O–H groups in total. The lowest BCUT2D eigenvalue weighted by atomic mass is 10.2. The van der Waals surface area contributed by atoms with Crippen molar-refractivity contribution < 1.29 is 18.0 Å². The molecule has 7 nitrogen and oxygen atoms in total. The molecule has 0 fully saturated rings. The highest BCUT2D eigenvalue weighted by molar-refractivity contribution is 8.00. The van der Waals surface area contributed by atoms with Crippen LogP contribution in [0, 0.1) is 6.92 Å². The molecule has 2 aromatic heterocycles. The first-order chi connectivity index (χ1) is 12.9. The van der Waals surface area contributed by atoms with Gasteiger partial charge in [-0.25, -0.2) is 4.68 Å². The van der Waals surface area contributed by atoms with Gasteiger partial charge in [-0.05, 0) is 37.3 Å². The summed E-state index contributed by atoms with van der Waals surface area (Å²) >= 11 is 1.58. The third-order valence-corrected chi connectivity index (χ3v) is 5.13. The van der Waals surface area contributed by atoms with Crippen molar-refractivity contribution in [2.75, 3.05) is 16.9 Å². The number of benzene rings is 1. The van der Waals surface area contributed by atoms with Crippen molar-refractivity contribution in [2.45, 2.75) is 22.7 Å². The van der Waals surface area contributed by atoms with E-state index < -0.39 is 5.76 Å². The van der Waals surface area contributed by atoms with E-state index in [1.54, 1.807) is 25.1 Å². The van der Waals surface area contributed by atoms with Gasteiger partial charge in [0, 0.05) is 10.6 Å². The summed E-state index contributed by atoms with van der Waals surface area (Å²) in [4.78, 5) is 12.5. The van der Waals surface area contributed by atoms with E-state index in [9.17, 15) is 13.6 Å².